The summed E-state index contributed by atoms with van der Waals surface area (Å²) in [6.07, 6.45) is 6.14. The maximum Gasteiger partial charge on any atom is 0.215 e. The molecule has 0 bridgehead atoms. The first-order chi connectivity index (χ1) is 5.70. The summed E-state index contributed by atoms with van der Waals surface area (Å²) in [5, 5.41) is 0.275. The number of carbonyl (C=O) groups is 1. The normalized spacial score (nSPS) is 16.2. The van der Waals surface area contributed by atoms with E-state index in [0.717, 1.165) is 24.2 Å². The van der Waals surface area contributed by atoms with Gasteiger partial charge in [0.05, 0.1) is 0 Å². The van der Waals surface area contributed by atoms with Crippen LogP contribution in [-0.2, 0) is 4.79 Å². The lowest BCUT2D eigenvalue weighted by molar-refractivity contribution is -0.107. The summed E-state index contributed by atoms with van der Waals surface area (Å²) in [4.78, 5) is 11.1. The first kappa shape index (κ1) is 9.59. The SMILES string of the molecule is CC(C)=CCCC1=CCSC1=O. The second kappa shape index (κ2) is 4.51. The van der Waals surface area contributed by atoms with E-state index >= 15 is 0 Å². The largest absolute Gasteiger partial charge is 0.282 e. The third-order valence-electron chi connectivity index (χ3n) is 1.77. The first-order valence-electron chi connectivity index (χ1n) is 4.19. The Morgan fingerprint density at radius 2 is 2.42 bits per heavy atom. The van der Waals surface area contributed by atoms with E-state index in [1.54, 1.807) is 0 Å². The van der Waals surface area contributed by atoms with Crippen molar-refractivity contribution >= 4 is 16.9 Å². The summed E-state index contributed by atoms with van der Waals surface area (Å²) in [6.45, 7) is 4.17. The van der Waals surface area contributed by atoms with Gasteiger partial charge in [-0.3, -0.25) is 4.79 Å². The van der Waals surface area contributed by atoms with Crippen LogP contribution in [0.4, 0.5) is 0 Å². The summed E-state index contributed by atoms with van der Waals surface area (Å²) in [6, 6.07) is 0. The van der Waals surface area contributed by atoms with Crippen LogP contribution in [0.1, 0.15) is 26.7 Å². The molecule has 0 radical (unpaired) electrons. The summed E-state index contributed by atoms with van der Waals surface area (Å²) in [5.41, 5.74) is 2.34. The van der Waals surface area contributed by atoms with Gasteiger partial charge in [-0.2, -0.15) is 0 Å². The van der Waals surface area contributed by atoms with Crippen molar-refractivity contribution in [1.82, 2.24) is 0 Å². The molecule has 1 aliphatic rings. The van der Waals surface area contributed by atoms with Crippen molar-refractivity contribution in [3.8, 4) is 0 Å². The van der Waals surface area contributed by atoms with Gasteiger partial charge >= 0.3 is 0 Å². The van der Waals surface area contributed by atoms with E-state index in [4.69, 9.17) is 0 Å². The Balaban J connectivity index is 2.33. The van der Waals surface area contributed by atoms with Crippen molar-refractivity contribution < 1.29 is 4.79 Å². The zero-order valence-electron chi connectivity index (χ0n) is 7.59. The molecule has 0 N–H and O–H groups in total. The standard InChI is InChI=1S/C10H14OS/c1-8(2)4-3-5-9-6-7-12-10(9)11/h4,6H,3,5,7H2,1-2H3. The number of carbonyl (C=O) groups excluding carboxylic acids is 1. The maximum atomic E-state index is 11.1. The quantitative estimate of drug-likeness (QED) is 0.624. The average Bonchev–Trinajstić information content (AvgIpc) is 2.36. The molecule has 0 aliphatic carbocycles. The van der Waals surface area contributed by atoms with Gasteiger partial charge < -0.3 is 0 Å². The fourth-order valence-electron chi connectivity index (χ4n) is 1.11. The van der Waals surface area contributed by atoms with Crippen molar-refractivity contribution in [2.24, 2.45) is 0 Å². The molecule has 12 heavy (non-hydrogen) atoms. The van der Waals surface area contributed by atoms with Gasteiger partial charge in [-0.25, -0.2) is 0 Å². The minimum Gasteiger partial charge on any atom is -0.282 e. The first-order valence-corrected chi connectivity index (χ1v) is 5.18. The van der Waals surface area contributed by atoms with Crippen molar-refractivity contribution in [1.29, 1.82) is 0 Å². The Kier molecular flexibility index (Phi) is 3.60. The fourth-order valence-corrected chi connectivity index (χ4v) is 1.92. The lowest BCUT2D eigenvalue weighted by Gasteiger charge is -1.95. The highest BCUT2D eigenvalue weighted by atomic mass is 32.2. The van der Waals surface area contributed by atoms with Crippen molar-refractivity contribution in [2.45, 2.75) is 26.7 Å². The van der Waals surface area contributed by atoms with Crippen LogP contribution in [-0.4, -0.2) is 10.9 Å². The smallest absolute Gasteiger partial charge is 0.215 e. The number of hydrogen-bond acceptors (Lipinski definition) is 2. The molecule has 0 aromatic heterocycles. The molecule has 0 aromatic carbocycles. The highest BCUT2D eigenvalue weighted by molar-refractivity contribution is 8.14. The second-order valence-corrected chi connectivity index (χ2v) is 4.14. The lowest BCUT2D eigenvalue weighted by Crippen LogP contribution is -1.90. The van der Waals surface area contributed by atoms with Crippen molar-refractivity contribution in [2.75, 3.05) is 5.75 Å². The van der Waals surface area contributed by atoms with E-state index in [1.165, 1.54) is 17.3 Å². The molecule has 0 saturated carbocycles. The van der Waals surface area contributed by atoms with E-state index in [9.17, 15) is 4.79 Å². The Labute approximate surface area is 77.9 Å². The van der Waals surface area contributed by atoms with Crippen molar-refractivity contribution in [3.63, 3.8) is 0 Å². The average molecular weight is 182 g/mol. The van der Waals surface area contributed by atoms with Gasteiger partial charge in [0.2, 0.25) is 5.12 Å². The highest BCUT2D eigenvalue weighted by Crippen LogP contribution is 2.23. The molecular weight excluding hydrogens is 168 g/mol. The van der Waals surface area contributed by atoms with E-state index in [0.29, 0.717) is 0 Å². The van der Waals surface area contributed by atoms with Gasteiger partial charge in [0.15, 0.2) is 0 Å². The van der Waals surface area contributed by atoms with Crippen LogP contribution in [0.2, 0.25) is 0 Å². The minimum atomic E-state index is 0.275. The Hall–Kier alpha value is -0.500. The van der Waals surface area contributed by atoms with Gasteiger partial charge in [-0.05, 0) is 26.7 Å². The highest BCUT2D eigenvalue weighted by Gasteiger charge is 2.13. The molecular formula is C10H14OS. The summed E-state index contributed by atoms with van der Waals surface area (Å²) in [5.74, 6) is 0.878. The van der Waals surface area contributed by atoms with Gasteiger partial charge in [-0.1, -0.05) is 29.5 Å². The van der Waals surface area contributed by atoms with Crippen LogP contribution in [0.5, 0.6) is 0 Å². The van der Waals surface area contributed by atoms with Crippen LogP contribution < -0.4 is 0 Å². The topological polar surface area (TPSA) is 17.1 Å². The van der Waals surface area contributed by atoms with Gasteiger partial charge in [0.25, 0.3) is 0 Å². The molecule has 1 rings (SSSR count). The Bertz CT molecular complexity index is 234. The molecule has 0 fully saturated rings. The molecule has 2 heteroatoms. The molecule has 1 aliphatic heterocycles. The Morgan fingerprint density at radius 3 is 2.92 bits per heavy atom. The summed E-state index contributed by atoms with van der Waals surface area (Å²) < 4.78 is 0. The van der Waals surface area contributed by atoms with Crippen molar-refractivity contribution in [3.05, 3.63) is 23.3 Å². The number of thioether (sulfide) groups is 1. The zero-order chi connectivity index (χ0) is 8.97. The summed E-state index contributed by atoms with van der Waals surface area (Å²) in [7, 11) is 0. The number of hydrogen-bond donors (Lipinski definition) is 0. The van der Waals surface area contributed by atoms with E-state index < -0.39 is 0 Å². The van der Waals surface area contributed by atoms with E-state index in [1.807, 2.05) is 6.08 Å². The molecule has 0 saturated heterocycles. The van der Waals surface area contributed by atoms with E-state index in [-0.39, 0.29) is 5.12 Å². The van der Waals surface area contributed by atoms with Crippen LogP contribution in [0.3, 0.4) is 0 Å². The van der Waals surface area contributed by atoms with Crippen LogP contribution in [0.15, 0.2) is 23.3 Å². The van der Waals surface area contributed by atoms with E-state index in [2.05, 4.69) is 19.9 Å². The predicted molar refractivity (Wildman–Crippen MR) is 54.2 cm³/mol. The number of rotatable bonds is 3. The molecule has 0 amide bonds. The molecule has 0 aromatic rings. The maximum absolute atomic E-state index is 11.1. The minimum absolute atomic E-state index is 0.275. The lowest BCUT2D eigenvalue weighted by atomic mass is 10.1. The van der Waals surface area contributed by atoms with Gasteiger partial charge in [0, 0.05) is 11.3 Å². The van der Waals surface area contributed by atoms with Crippen LogP contribution in [0.25, 0.3) is 0 Å². The fraction of sp³-hybridized carbons (Fsp3) is 0.500. The molecule has 1 nitrogen and oxygen atoms in total. The van der Waals surface area contributed by atoms with Crippen LogP contribution in [0, 0.1) is 0 Å². The Morgan fingerprint density at radius 1 is 1.67 bits per heavy atom. The molecule has 0 spiro atoms. The summed E-state index contributed by atoms with van der Waals surface area (Å²) >= 11 is 1.41. The van der Waals surface area contributed by atoms with Gasteiger partial charge in [-0.15, -0.1) is 0 Å². The molecule has 0 unspecified atom stereocenters. The van der Waals surface area contributed by atoms with Crippen LogP contribution >= 0.6 is 11.8 Å². The van der Waals surface area contributed by atoms with Gasteiger partial charge in [0.1, 0.15) is 0 Å². The zero-order valence-corrected chi connectivity index (χ0v) is 8.41. The number of allylic oxidation sites excluding steroid dienone is 2. The molecule has 1 heterocycles. The third kappa shape index (κ3) is 2.86. The second-order valence-electron chi connectivity index (χ2n) is 3.15. The third-order valence-corrected chi connectivity index (χ3v) is 2.63. The molecule has 66 valence electrons. The predicted octanol–water partition coefficient (Wildman–Crippen LogP) is 2.93. The molecule has 0 atom stereocenters. The monoisotopic (exact) mass is 182 g/mol.